The molecule has 26 heavy (non-hydrogen) atoms. The van der Waals surface area contributed by atoms with Crippen LogP contribution < -0.4 is 19.5 Å². The molecule has 1 unspecified atom stereocenters. The van der Waals surface area contributed by atoms with E-state index in [0.717, 1.165) is 13.1 Å². The molecule has 2 rings (SSSR count). The Bertz CT molecular complexity index is 572. The molecule has 1 aromatic rings. The van der Waals surface area contributed by atoms with Gasteiger partial charge >= 0.3 is 0 Å². The number of likely N-dealkylation sites (tertiary alicyclic amines) is 1. The Morgan fingerprint density at radius 3 is 2.08 bits per heavy atom. The van der Waals surface area contributed by atoms with E-state index in [2.05, 4.69) is 24.1 Å². The standard InChI is InChI=1S/C20H32N2O4/c1-14(2)16(22-9-7-6-8-10-22)13-21-20(23)15-11-17(24-3)19(26-5)18(12-15)25-4/h11-12,14,16H,6-10,13H2,1-5H3,(H,21,23). The molecule has 146 valence electrons. The van der Waals surface area contributed by atoms with Gasteiger partial charge < -0.3 is 19.5 Å². The highest BCUT2D eigenvalue weighted by Gasteiger charge is 2.24. The van der Waals surface area contributed by atoms with Crippen LogP contribution in [0.4, 0.5) is 0 Å². The van der Waals surface area contributed by atoms with Gasteiger partial charge in [0.1, 0.15) is 0 Å². The molecular weight excluding hydrogens is 332 g/mol. The van der Waals surface area contributed by atoms with Crippen molar-refractivity contribution in [3.63, 3.8) is 0 Å². The summed E-state index contributed by atoms with van der Waals surface area (Å²) >= 11 is 0. The molecular formula is C20H32N2O4. The first kappa shape index (κ1) is 20.4. The van der Waals surface area contributed by atoms with E-state index < -0.39 is 0 Å². The van der Waals surface area contributed by atoms with Gasteiger partial charge in [0.15, 0.2) is 11.5 Å². The summed E-state index contributed by atoms with van der Waals surface area (Å²) in [6.45, 7) is 7.29. The zero-order valence-corrected chi connectivity index (χ0v) is 16.6. The van der Waals surface area contributed by atoms with Crippen LogP contribution in [0.1, 0.15) is 43.5 Å². The first-order valence-electron chi connectivity index (χ1n) is 9.34. The molecule has 1 fully saturated rings. The average molecular weight is 364 g/mol. The molecule has 1 N–H and O–H groups in total. The average Bonchev–Trinajstić information content (AvgIpc) is 2.67. The number of benzene rings is 1. The minimum Gasteiger partial charge on any atom is -0.493 e. The van der Waals surface area contributed by atoms with E-state index in [-0.39, 0.29) is 5.91 Å². The molecule has 0 spiro atoms. The smallest absolute Gasteiger partial charge is 0.251 e. The quantitative estimate of drug-likeness (QED) is 0.768. The Morgan fingerprint density at radius 1 is 1.04 bits per heavy atom. The Labute approximate surface area is 156 Å². The fraction of sp³-hybridized carbons (Fsp3) is 0.650. The molecule has 1 amide bonds. The fourth-order valence-corrected chi connectivity index (χ4v) is 3.55. The predicted octanol–water partition coefficient (Wildman–Crippen LogP) is 2.95. The van der Waals surface area contributed by atoms with Crippen molar-refractivity contribution in [2.24, 2.45) is 5.92 Å². The van der Waals surface area contributed by atoms with Crippen LogP contribution in [-0.2, 0) is 0 Å². The molecule has 0 saturated carbocycles. The monoisotopic (exact) mass is 364 g/mol. The summed E-state index contributed by atoms with van der Waals surface area (Å²) in [5.74, 6) is 1.79. The highest BCUT2D eigenvalue weighted by Crippen LogP contribution is 2.38. The summed E-state index contributed by atoms with van der Waals surface area (Å²) in [5, 5.41) is 3.09. The largest absolute Gasteiger partial charge is 0.493 e. The van der Waals surface area contributed by atoms with E-state index in [0.29, 0.717) is 41.3 Å². The first-order chi connectivity index (χ1) is 12.5. The zero-order valence-electron chi connectivity index (χ0n) is 16.6. The summed E-state index contributed by atoms with van der Waals surface area (Å²) in [7, 11) is 4.64. The molecule has 6 nitrogen and oxygen atoms in total. The van der Waals surface area contributed by atoms with Crippen molar-refractivity contribution in [2.45, 2.75) is 39.2 Å². The second kappa shape index (κ2) is 9.67. The maximum atomic E-state index is 12.7. The van der Waals surface area contributed by atoms with Gasteiger partial charge in [0.2, 0.25) is 5.75 Å². The van der Waals surface area contributed by atoms with Crippen LogP contribution in [0.25, 0.3) is 0 Å². The zero-order chi connectivity index (χ0) is 19.1. The van der Waals surface area contributed by atoms with Gasteiger partial charge in [0.25, 0.3) is 5.91 Å². The lowest BCUT2D eigenvalue weighted by Crippen LogP contribution is -2.48. The highest BCUT2D eigenvalue weighted by atomic mass is 16.5. The topological polar surface area (TPSA) is 60.0 Å². The van der Waals surface area contributed by atoms with E-state index in [1.807, 2.05) is 0 Å². The van der Waals surface area contributed by atoms with Crippen LogP contribution in [0.2, 0.25) is 0 Å². The lowest BCUT2D eigenvalue weighted by Gasteiger charge is -2.37. The van der Waals surface area contributed by atoms with Crippen molar-refractivity contribution in [3.05, 3.63) is 17.7 Å². The van der Waals surface area contributed by atoms with Gasteiger partial charge in [0.05, 0.1) is 21.3 Å². The van der Waals surface area contributed by atoms with Gasteiger partial charge in [-0.3, -0.25) is 9.69 Å². The van der Waals surface area contributed by atoms with Crippen LogP contribution >= 0.6 is 0 Å². The highest BCUT2D eigenvalue weighted by molar-refractivity contribution is 5.95. The summed E-state index contributed by atoms with van der Waals surface area (Å²) < 4.78 is 16.0. The number of rotatable bonds is 8. The molecule has 0 bridgehead atoms. The van der Waals surface area contributed by atoms with Gasteiger partial charge in [-0.05, 0) is 44.0 Å². The molecule has 0 aromatic heterocycles. The first-order valence-corrected chi connectivity index (χ1v) is 9.34. The van der Waals surface area contributed by atoms with E-state index in [4.69, 9.17) is 14.2 Å². The summed E-state index contributed by atoms with van der Waals surface area (Å²) in [5.41, 5.74) is 0.501. The Balaban J connectivity index is 2.10. The minimum atomic E-state index is -0.132. The Morgan fingerprint density at radius 2 is 1.62 bits per heavy atom. The third-order valence-electron chi connectivity index (χ3n) is 5.03. The second-order valence-electron chi connectivity index (χ2n) is 7.03. The second-order valence-corrected chi connectivity index (χ2v) is 7.03. The van der Waals surface area contributed by atoms with E-state index in [1.54, 1.807) is 33.5 Å². The number of hydrogen-bond donors (Lipinski definition) is 1. The van der Waals surface area contributed by atoms with Crippen molar-refractivity contribution in [1.29, 1.82) is 0 Å². The molecule has 1 aliphatic heterocycles. The third kappa shape index (κ3) is 4.81. The minimum absolute atomic E-state index is 0.132. The van der Waals surface area contributed by atoms with Crippen molar-refractivity contribution in [2.75, 3.05) is 41.0 Å². The third-order valence-corrected chi connectivity index (χ3v) is 5.03. The normalized spacial score (nSPS) is 16.2. The maximum absolute atomic E-state index is 12.7. The molecule has 0 radical (unpaired) electrons. The number of piperidine rings is 1. The number of carbonyl (C=O) groups excluding carboxylic acids is 1. The van der Waals surface area contributed by atoms with Crippen LogP contribution in [0.5, 0.6) is 17.2 Å². The van der Waals surface area contributed by atoms with Gasteiger partial charge in [-0.1, -0.05) is 20.3 Å². The van der Waals surface area contributed by atoms with Crippen LogP contribution in [-0.4, -0.2) is 57.8 Å². The molecule has 1 heterocycles. The van der Waals surface area contributed by atoms with Crippen molar-refractivity contribution < 1.29 is 19.0 Å². The van der Waals surface area contributed by atoms with Gasteiger partial charge in [-0.2, -0.15) is 0 Å². The molecule has 6 heteroatoms. The summed E-state index contributed by atoms with van der Waals surface area (Å²) in [6, 6.07) is 3.71. The molecule has 1 saturated heterocycles. The molecule has 1 aliphatic rings. The van der Waals surface area contributed by atoms with Crippen LogP contribution in [0.15, 0.2) is 12.1 Å². The predicted molar refractivity (Wildman–Crippen MR) is 102 cm³/mol. The van der Waals surface area contributed by atoms with E-state index in [9.17, 15) is 4.79 Å². The number of hydrogen-bond acceptors (Lipinski definition) is 5. The number of nitrogens with zero attached hydrogens (tertiary/aromatic N) is 1. The number of amides is 1. The van der Waals surface area contributed by atoms with Gasteiger partial charge in [-0.15, -0.1) is 0 Å². The number of nitrogens with one attached hydrogen (secondary N) is 1. The number of carbonyl (C=O) groups is 1. The van der Waals surface area contributed by atoms with Gasteiger partial charge in [0, 0.05) is 18.2 Å². The van der Waals surface area contributed by atoms with Crippen molar-refractivity contribution >= 4 is 5.91 Å². The van der Waals surface area contributed by atoms with Gasteiger partial charge in [-0.25, -0.2) is 0 Å². The summed E-state index contributed by atoms with van der Waals surface area (Å²) in [4.78, 5) is 15.2. The Hall–Kier alpha value is -1.95. The maximum Gasteiger partial charge on any atom is 0.251 e. The molecule has 0 aliphatic carbocycles. The lowest BCUT2D eigenvalue weighted by atomic mass is 9.99. The van der Waals surface area contributed by atoms with Crippen molar-refractivity contribution in [3.8, 4) is 17.2 Å². The SMILES string of the molecule is COc1cc(C(=O)NCC(C(C)C)N2CCCCC2)cc(OC)c1OC. The number of methoxy groups -OCH3 is 3. The Kier molecular flexibility index (Phi) is 7.57. The summed E-state index contributed by atoms with van der Waals surface area (Å²) in [6.07, 6.45) is 3.78. The lowest BCUT2D eigenvalue weighted by molar-refractivity contribution is 0.0895. The van der Waals surface area contributed by atoms with Crippen LogP contribution in [0, 0.1) is 5.92 Å². The van der Waals surface area contributed by atoms with Crippen molar-refractivity contribution in [1.82, 2.24) is 10.2 Å². The molecule has 1 aromatic carbocycles. The number of ether oxygens (including phenoxy) is 3. The van der Waals surface area contributed by atoms with E-state index in [1.165, 1.54) is 19.3 Å². The fourth-order valence-electron chi connectivity index (χ4n) is 3.55. The van der Waals surface area contributed by atoms with Crippen LogP contribution in [0.3, 0.4) is 0 Å². The van der Waals surface area contributed by atoms with E-state index >= 15 is 0 Å². The molecule has 1 atom stereocenters.